The van der Waals surface area contributed by atoms with Crippen LogP contribution in [0.5, 0.6) is 0 Å². The van der Waals surface area contributed by atoms with Gasteiger partial charge in [0, 0.05) is 29.2 Å². The van der Waals surface area contributed by atoms with Gasteiger partial charge in [-0.25, -0.2) is 0 Å². The number of nitrogens with two attached hydrogens (primary N) is 1. The van der Waals surface area contributed by atoms with E-state index in [0.29, 0.717) is 29.2 Å². The van der Waals surface area contributed by atoms with E-state index in [-0.39, 0.29) is 24.7 Å². The zero-order valence-corrected chi connectivity index (χ0v) is 14.9. The highest BCUT2D eigenvalue weighted by Crippen LogP contribution is 2.11. The summed E-state index contributed by atoms with van der Waals surface area (Å²) in [6.45, 7) is 0.395. The molecule has 2 aromatic rings. The summed E-state index contributed by atoms with van der Waals surface area (Å²) in [5.74, 6) is -0.747. The van der Waals surface area contributed by atoms with E-state index in [1.807, 2.05) is 0 Å². The van der Waals surface area contributed by atoms with Gasteiger partial charge in [0.1, 0.15) is 0 Å². The van der Waals surface area contributed by atoms with E-state index in [1.165, 1.54) is 0 Å². The SMILES string of the molecule is NC(=O)Cc1ccc(NC(=O)CCCNC(=O)c2ccc(Cl)cc2)cc1. The molecule has 7 heteroatoms. The number of halogens is 1. The van der Waals surface area contributed by atoms with Gasteiger partial charge in [0.05, 0.1) is 6.42 Å². The molecule has 3 amide bonds. The molecule has 0 heterocycles. The fraction of sp³-hybridized carbons (Fsp3) is 0.211. The molecule has 6 nitrogen and oxygen atoms in total. The van der Waals surface area contributed by atoms with Crippen LogP contribution in [0.3, 0.4) is 0 Å². The number of carbonyl (C=O) groups is 3. The molecular weight excluding hydrogens is 354 g/mol. The maximum Gasteiger partial charge on any atom is 0.251 e. The van der Waals surface area contributed by atoms with Crippen LogP contribution in [-0.4, -0.2) is 24.3 Å². The molecule has 0 aliphatic rings. The van der Waals surface area contributed by atoms with E-state index in [1.54, 1.807) is 48.5 Å². The molecule has 0 saturated carbocycles. The molecule has 0 fully saturated rings. The van der Waals surface area contributed by atoms with Gasteiger partial charge in [0.2, 0.25) is 11.8 Å². The highest BCUT2D eigenvalue weighted by Gasteiger charge is 2.06. The van der Waals surface area contributed by atoms with Crippen LogP contribution in [0.15, 0.2) is 48.5 Å². The number of anilines is 1. The Labute approximate surface area is 156 Å². The van der Waals surface area contributed by atoms with Crippen LogP contribution in [0.4, 0.5) is 5.69 Å². The van der Waals surface area contributed by atoms with Crippen LogP contribution in [-0.2, 0) is 16.0 Å². The average molecular weight is 374 g/mol. The smallest absolute Gasteiger partial charge is 0.251 e. The predicted octanol–water partition coefficient (Wildman–Crippen LogP) is 2.52. The summed E-state index contributed by atoms with van der Waals surface area (Å²) in [4.78, 5) is 34.7. The molecule has 136 valence electrons. The second-order valence-corrected chi connectivity index (χ2v) is 6.19. The number of hydrogen-bond donors (Lipinski definition) is 3. The van der Waals surface area contributed by atoms with Crippen LogP contribution >= 0.6 is 11.6 Å². The number of nitrogens with one attached hydrogen (secondary N) is 2. The summed E-state index contributed by atoms with van der Waals surface area (Å²) in [5.41, 5.74) is 7.09. The Balaban J connectivity index is 1.69. The lowest BCUT2D eigenvalue weighted by Gasteiger charge is -2.07. The lowest BCUT2D eigenvalue weighted by atomic mass is 10.1. The molecular formula is C19H20ClN3O3. The van der Waals surface area contributed by atoms with Crippen LogP contribution in [0, 0.1) is 0 Å². The average Bonchev–Trinajstić information content (AvgIpc) is 2.60. The molecule has 0 radical (unpaired) electrons. The summed E-state index contributed by atoms with van der Waals surface area (Å²) < 4.78 is 0. The van der Waals surface area contributed by atoms with E-state index in [2.05, 4.69) is 10.6 Å². The Bertz CT molecular complexity index is 774. The normalized spacial score (nSPS) is 10.2. The summed E-state index contributed by atoms with van der Waals surface area (Å²) in [5, 5.41) is 6.09. The van der Waals surface area contributed by atoms with Gasteiger partial charge in [-0.15, -0.1) is 0 Å². The zero-order valence-electron chi connectivity index (χ0n) is 14.1. The Morgan fingerprint density at radius 3 is 2.23 bits per heavy atom. The first-order valence-electron chi connectivity index (χ1n) is 8.15. The number of primary amides is 1. The van der Waals surface area contributed by atoms with Gasteiger partial charge in [-0.3, -0.25) is 14.4 Å². The van der Waals surface area contributed by atoms with Crippen LogP contribution in [0.1, 0.15) is 28.8 Å². The van der Waals surface area contributed by atoms with Crippen molar-refractivity contribution in [2.45, 2.75) is 19.3 Å². The molecule has 0 aliphatic carbocycles. The van der Waals surface area contributed by atoms with Crippen molar-refractivity contribution in [2.24, 2.45) is 5.73 Å². The first kappa shape index (κ1) is 19.5. The first-order valence-corrected chi connectivity index (χ1v) is 8.52. The van der Waals surface area contributed by atoms with Gasteiger partial charge in [0.25, 0.3) is 5.91 Å². The summed E-state index contributed by atoms with van der Waals surface area (Å²) in [7, 11) is 0. The van der Waals surface area contributed by atoms with Gasteiger partial charge in [-0.1, -0.05) is 23.7 Å². The summed E-state index contributed by atoms with van der Waals surface area (Å²) in [6.07, 6.45) is 0.969. The standard InChI is InChI=1S/C19H20ClN3O3/c20-15-7-5-14(6-8-15)19(26)22-11-1-2-18(25)23-16-9-3-13(4-10-16)12-17(21)24/h3-10H,1-2,11-12H2,(H2,21,24)(H,22,26)(H,23,25). The Morgan fingerprint density at radius 2 is 1.62 bits per heavy atom. The molecule has 0 aromatic heterocycles. The number of benzene rings is 2. The maximum absolute atomic E-state index is 11.9. The largest absolute Gasteiger partial charge is 0.369 e. The molecule has 2 rings (SSSR count). The Morgan fingerprint density at radius 1 is 0.962 bits per heavy atom. The van der Waals surface area contributed by atoms with Crippen molar-refractivity contribution >= 4 is 35.0 Å². The molecule has 4 N–H and O–H groups in total. The van der Waals surface area contributed by atoms with E-state index in [0.717, 1.165) is 5.56 Å². The minimum absolute atomic E-state index is 0.145. The van der Waals surface area contributed by atoms with Gasteiger partial charge < -0.3 is 16.4 Å². The van der Waals surface area contributed by atoms with Crippen molar-refractivity contribution in [3.63, 3.8) is 0 Å². The molecule has 0 bridgehead atoms. The van der Waals surface area contributed by atoms with E-state index in [4.69, 9.17) is 17.3 Å². The molecule has 0 atom stereocenters. The van der Waals surface area contributed by atoms with Crippen LogP contribution in [0.2, 0.25) is 5.02 Å². The maximum atomic E-state index is 11.9. The number of amides is 3. The van der Waals surface area contributed by atoms with Crippen molar-refractivity contribution in [1.82, 2.24) is 5.32 Å². The van der Waals surface area contributed by atoms with Crippen LogP contribution < -0.4 is 16.4 Å². The minimum atomic E-state index is -0.401. The zero-order chi connectivity index (χ0) is 18.9. The Hall–Kier alpha value is -2.86. The van der Waals surface area contributed by atoms with Crippen LogP contribution in [0.25, 0.3) is 0 Å². The molecule has 0 saturated heterocycles. The van der Waals surface area contributed by atoms with E-state index in [9.17, 15) is 14.4 Å². The third kappa shape index (κ3) is 6.57. The number of rotatable bonds is 8. The minimum Gasteiger partial charge on any atom is -0.369 e. The lowest BCUT2D eigenvalue weighted by molar-refractivity contribution is -0.117. The third-order valence-electron chi connectivity index (χ3n) is 3.59. The first-order chi connectivity index (χ1) is 12.4. The highest BCUT2D eigenvalue weighted by atomic mass is 35.5. The van der Waals surface area contributed by atoms with Gasteiger partial charge in [-0.05, 0) is 48.4 Å². The fourth-order valence-corrected chi connectivity index (χ4v) is 2.41. The van der Waals surface area contributed by atoms with Crippen molar-refractivity contribution in [3.8, 4) is 0 Å². The van der Waals surface area contributed by atoms with Crippen molar-refractivity contribution in [2.75, 3.05) is 11.9 Å². The summed E-state index contributed by atoms with van der Waals surface area (Å²) in [6, 6.07) is 13.5. The second-order valence-electron chi connectivity index (χ2n) is 5.75. The van der Waals surface area contributed by atoms with Crippen molar-refractivity contribution in [3.05, 3.63) is 64.7 Å². The van der Waals surface area contributed by atoms with Gasteiger partial charge in [-0.2, -0.15) is 0 Å². The Kier molecular flexibility index (Phi) is 7.17. The predicted molar refractivity (Wildman–Crippen MR) is 101 cm³/mol. The van der Waals surface area contributed by atoms with Crippen molar-refractivity contribution in [1.29, 1.82) is 0 Å². The molecule has 0 spiro atoms. The topological polar surface area (TPSA) is 101 Å². The second kappa shape index (κ2) is 9.58. The van der Waals surface area contributed by atoms with E-state index >= 15 is 0 Å². The monoisotopic (exact) mass is 373 g/mol. The molecule has 0 unspecified atom stereocenters. The number of carbonyl (C=O) groups excluding carboxylic acids is 3. The molecule has 26 heavy (non-hydrogen) atoms. The van der Waals surface area contributed by atoms with Gasteiger partial charge in [0.15, 0.2) is 0 Å². The molecule has 2 aromatic carbocycles. The van der Waals surface area contributed by atoms with Crippen molar-refractivity contribution < 1.29 is 14.4 Å². The van der Waals surface area contributed by atoms with Gasteiger partial charge >= 0.3 is 0 Å². The lowest BCUT2D eigenvalue weighted by Crippen LogP contribution is -2.25. The van der Waals surface area contributed by atoms with E-state index < -0.39 is 5.91 Å². The fourth-order valence-electron chi connectivity index (χ4n) is 2.28. The number of hydrogen-bond acceptors (Lipinski definition) is 3. The summed E-state index contributed by atoms with van der Waals surface area (Å²) >= 11 is 5.78. The quantitative estimate of drug-likeness (QED) is 0.619. The molecule has 0 aliphatic heterocycles. The highest BCUT2D eigenvalue weighted by molar-refractivity contribution is 6.30. The third-order valence-corrected chi connectivity index (χ3v) is 3.84.